The van der Waals surface area contributed by atoms with Crippen LogP contribution in [-0.2, 0) is 9.47 Å². The van der Waals surface area contributed by atoms with E-state index >= 15 is 0 Å². The van der Waals surface area contributed by atoms with Gasteiger partial charge in [-0.2, -0.15) is 0 Å². The maximum Gasteiger partial charge on any atom is 0.189 e. The van der Waals surface area contributed by atoms with E-state index in [1.54, 1.807) is 0 Å². The lowest BCUT2D eigenvalue weighted by molar-refractivity contribution is -0.222. The van der Waals surface area contributed by atoms with E-state index in [0.29, 0.717) is 0 Å². The molecule has 0 aromatic heterocycles. The van der Waals surface area contributed by atoms with Crippen molar-refractivity contribution in [2.75, 3.05) is 7.11 Å². The van der Waals surface area contributed by atoms with Crippen LogP contribution in [-0.4, -0.2) is 52.1 Å². The summed E-state index contributed by atoms with van der Waals surface area (Å²) in [4.78, 5) is 0. The first-order valence-electron chi connectivity index (χ1n) is 3.77. The fraction of sp³-hybridized carbons (Fsp3) is 1.00. The fourth-order valence-corrected chi connectivity index (χ4v) is 1.83. The summed E-state index contributed by atoms with van der Waals surface area (Å²) >= 11 is 0. The monoisotopic (exact) mass is 176 g/mol. The summed E-state index contributed by atoms with van der Waals surface area (Å²) in [5, 5.41) is 28.6. The molecule has 5 nitrogen and oxygen atoms in total. The number of rotatable bonds is 1. The molecule has 70 valence electrons. The smallest absolute Gasteiger partial charge is 0.189 e. The van der Waals surface area contributed by atoms with Gasteiger partial charge < -0.3 is 24.8 Å². The molecule has 0 radical (unpaired) electrons. The van der Waals surface area contributed by atoms with Crippen LogP contribution in [0.4, 0.5) is 0 Å². The summed E-state index contributed by atoms with van der Waals surface area (Å²) in [6.45, 7) is 1.39. The molecule has 2 aliphatic rings. The normalized spacial score (nSPS) is 63.2. The van der Waals surface area contributed by atoms with E-state index in [1.807, 2.05) is 0 Å². The maximum atomic E-state index is 9.73. The molecule has 0 aromatic carbocycles. The maximum absolute atomic E-state index is 9.73. The van der Waals surface area contributed by atoms with Crippen LogP contribution in [0, 0.1) is 0 Å². The second-order valence-corrected chi connectivity index (χ2v) is 3.54. The van der Waals surface area contributed by atoms with E-state index in [2.05, 4.69) is 0 Å². The largest absolute Gasteiger partial charge is 0.387 e. The van der Waals surface area contributed by atoms with Crippen molar-refractivity contribution in [3.8, 4) is 0 Å². The molecule has 0 aromatic rings. The quantitative estimate of drug-likeness (QED) is 0.440. The summed E-state index contributed by atoms with van der Waals surface area (Å²) in [6, 6.07) is 0. The van der Waals surface area contributed by atoms with E-state index < -0.39 is 29.7 Å². The van der Waals surface area contributed by atoms with Gasteiger partial charge in [0.25, 0.3) is 0 Å². The first-order valence-corrected chi connectivity index (χ1v) is 3.77. The first kappa shape index (κ1) is 8.40. The Hall–Kier alpha value is -0.200. The zero-order valence-corrected chi connectivity index (χ0v) is 6.89. The average molecular weight is 176 g/mol. The van der Waals surface area contributed by atoms with Gasteiger partial charge in [-0.1, -0.05) is 0 Å². The van der Waals surface area contributed by atoms with Gasteiger partial charge in [0, 0.05) is 7.11 Å². The van der Waals surface area contributed by atoms with Gasteiger partial charge in [0.05, 0.1) is 0 Å². The van der Waals surface area contributed by atoms with Crippen LogP contribution in [0.1, 0.15) is 6.92 Å². The molecule has 0 bridgehead atoms. The Morgan fingerprint density at radius 1 is 1.42 bits per heavy atom. The van der Waals surface area contributed by atoms with Gasteiger partial charge >= 0.3 is 0 Å². The van der Waals surface area contributed by atoms with Crippen molar-refractivity contribution in [3.05, 3.63) is 0 Å². The molecule has 3 N–H and O–H groups in total. The summed E-state index contributed by atoms with van der Waals surface area (Å²) in [5.74, 6) is 0. The number of fused-ring (bicyclic) bond motifs is 1. The van der Waals surface area contributed by atoms with Crippen molar-refractivity contribution < 1.29 is 24.8 Å². The van der Waals surface area contributed by atoms with Crippen LogP contribution in [0.25, 0.3) is 0 Å². The zero-order chi connectivity index (χ0) is 9.15. The molecule has 0 amide bonds. The second-order valence-electron chi connectivity index (χ2n) is 3.54. The van der Waals surface area contributed by atoms with E-state index in [-0.39, 0.29) is 0 Å². The van der Waals surface area contributed by atoms with Crippen molar-refractivity contribution in [2.45, 2.75) is 36.6 Å². The Kier molecular flexibility index (Phi) is 1.40. The summed E-state index contributed by atoms with van der Waals surface area (Å²) in [6.07, 6.45) is -2.58. The lowest BCUT2D eigenvalue weighted by Crippen LogP contribution is -2.51. The fourth-order valence-electron chi connectivity index (χ4n) is 1.83. The van der Waals surface area contributed by atoms with Crippen LogP contribution in [0.5, 0.6) is 0 Å². The highest BCUT2D eigenvalue weighted by molar-refractivity contribution is 5.29. The second kappa shape index (κ2) is 2.00. The van der Waals surface area contributed by atoms with Crippen molar-refractivity contribution in [1.29, 1.82) is 0 Å². The Bertz CT molecular complexity index is 216. The molecule has 12 heavy (non-hydrogen) atoms. The average Bonchev–Trinajstić information content (AvgIpc) is 2.43. The van der Waals surface area contributed by atoms with E-state index in [0.717, 1.165) is 0 Å². The highest BCUT2D eigenvalue weighted by Gasteiger charge is 2.81. The van der Waals surface area contributed by atoms with E-state index in [4.69, 9.17) is 14.6 Å². The summed E-state index contributed by atoms with van der Waals surface area (Å²) in [7, 11) is 1.37. The van der Waals surface area contributed by atoms with Crippen LogP contribution < -0.4 is 0 Å². The molecule has 1 saturated heterocycles. The number of hydrogen-bond donors (Lipinski definition) is 3. The van der Waals surface area contributed by atoms with Crippen molar-refractivity contribution in [2.24, 2.45) is 0 Å². The Morgan fingerprint density at radius 2 is 2.00 bits per heavy atom. The minimum atomic E-state index is -1.55. The molecule has 1 heterocycles. The number of aliphatic hydroxyl groups excluding tert-OH is 1. The highest BCUT2D eigenvalue weighted by atomic mass is 16.7. The SMILES string of the molecule is COC1O[C@@H]2C(O)[C@]2(O)[C@@]1(C)O. The predicted molar refractivity (Wildman–Crippen MR) is 37.3 cm³/mol. The van der Waals surface area contributed by atoms with Crippen LogP contribution in [0.3, 0.4) is 0 Å². The number of ether oxygens (including phenoxy) is 2. The number of hydrogen-bond acceptors (Lipinski definition) is 5. The molecule has 2 fully saturated rings. The molecule has 2 unspecified atom stereocenters. The Labute approximate surface area is 69.5 Å². The first-order chi connectivity index (χ1) is 5.46. The summed E-state index contributed by atoms with van der Waals surface area (Å²) in [5.41, 5.74) is -3.08. The third-order valence-corrected chi connectivity index (χ3v) is 2.82. The van der Waals surface area contributed by atoms with Crippen LogP contribution in [0.15, 0.2) is 0 Å². The third-order valence-electron chi connectivity index (χ3n) is 2.82. The van der Waals surface area contributed by atoms with Gasteiger partial charge in [0.2, 0.25) is 0 Å². The van der Waals surface area contributed by atoms with Crippen LogP contribution >= 0.6 is 0 Å². The minimum Gasteiger partial charge on any atom is -0.387 e. The van der Waals surface area contributed by atoms with Gasteiger partial charge in [-0.25, -0.2) is 0 Å². The molecule has 1 saturated carbocycles. The van der Waals surface area contributed by atoms with Gasteiger partial charge in [0.15, 0.2) is 11.9 Å². The summed E-state index contributed by atoms with van der Waals surface area (Å²) < 4.78 is 9.84. The van der Waals surface area contributed by atoms with Gasteiger partial charge in [-0.3, -0.25) is 0 Å². The number of aliphatic hydroxyl groups is 3. The lowest BCUT2D eigenvalue weighted by Gasteiger charge is -2.29. The topological polar surface area (TPSA) is 79.2 Å². The lowest BCUT2D eigenvalue weighted by atomic mass is 9.97. The molecule has 5 heteroatoms. The third kappa shape index (κ3) is 0.627. The Balaban J connectivity index is 2.26. The Morgan fingerprint density at radius 3 is 2.33 bits per heavy atom. The highest BCUT2D eigenvalue weighted by Crippen LogP contribution is 2.55. The van der Waals surface area contributed by atoms with Gasteiger partial charge in [0.1, 0.15) is 17.8 Å². The molecular weight excluding hydrogens is 164 g/mol. The molecule has 1 aliphatic heterocycles. The van der Waals surface area contributed by atoms with Crippen molar-refractivity contribution >= 4 is 0 Å². The molecular formula is C7H12O5. The predicted octanol–water partition coefficient (Wildman–Crippen LogP) is -1.79. The van der Waals surface area contributed by atoms with E-state index in [1.165, 1.54) is 14.0 Å². The van der Waals surface area contributed by atoms with Gasteiger partial charge in [-0.15, -0.1) is 0 Å². The standard InChI is InChI=1S/C7H12O5/c1-6(9)5(11-2)12-4-3(8)7(4,6)10/h3-5,8-10H,1-2H3/t3?,4-,5?,6+,7-/m1/s1. The zero-order valence-electron chi connectivity index (χ0n) is 6.89. The van der Waals surface area contributed by atoms with Crippen molar-refractivity contribution in [3.63, 3.8) is 0 Å². The van der Waals surface area contributed by atoms with Crippen molar-refractivity contribution in [1.82, 2.24) is 0 Å². The molecule has 0 spiro atoms. The van der Waals surface area contributed by atoms with Crippen LogP contribution in [0.2, 0.25) is 0 Å². The van der Waals surface area contributed by atoms with E-state index in [9.17, 15) is 10.2 Å². The molecule has 1 aliphatic carbocycles. The van der Waals surface area contributed by atoms with Gasteiger partial charge in [-0.05, 0) is 6.92 Å². The number of methoxy groups -OCH3 is 1. The minimum absolute atomic E-state index is 0.711. The molecule has 5 atom stereocenters. The molecule has 2 rings (SSSR count).